The molecule has 0 aliphatic carbocycles. The van der Waals surface area contributed by atoms with Gasteiger partial charge in [0, 0.05) is 39.3 Å². The zero-order valence-electron chi connectivity index (χ0n) is 28.3. The maximum absolute atomic E-state index is 10.7. The second kappa shape index (κ2) is 12.9. The molecule has 6 nitrogen and oxygen atoms in total. The Balaban J connectivity index is 1.16. The standard InChI is InChI=1S/C46H31N5O/c1-31-13-12-18-39-44(31)45(49-46(48-39)32-14-4-2-5-15-32)38-28-27-37(29-33(38)30-47)50(34-16-6-3-7-17-34)35-23-25-36(26-24-35)51-40-19-8-10-21-42(40)52-43-22-11-9-20-41(43)51/h2-29H,1H3. The molecule has 9 rings (SSSR count). The lowest BCUT2D eigenvalue weighted by Crippen LogP contribution is -2.16. The fourth-order valence-electron chi connectivity index (χ4n) is 6.99. The largest absolute Gasteiger partial charge is 0.453 e. The lowest BCUT2D eigenvalue weighted by molar-refractivity contribution is 0.477. The van der Waals surface area contributed by atoms with Crippen molar-refractivity contribution in [3.63, 3.8) is 0 Å². The summed E-state index contributed by atoms with van der Waals surface area (Å²) in [6.45, 7) is 2.06. The summed E-state index contributed by atoms with van der Waals surface area (Å²) in [5, 5.41) is 11.6. The number of anilines is 6. The van der Waals surface area contributed by atoms with Crippen LogP contribution in [0.3, 0.4) is 0 Å². The maximum atomic E-state index is 10.7. The zero-order chi connectivity index (χ0) is 35.0. The van der Waals surface area contributed by atoms with E-state index < -0.39 is 0 Å². The van der Waals surface area contributed by atoms with Crippen LogP contribution in [0.15, 0.2) is 170 Å². The van der Waals surface area contributed by atoms with Gasteiger partial charge in [-0.05, 0) is 97.4 Å². The number of para-hydroxylation sites is 5. The van der Waals surface area contributed by atoms with E-state index in [9.17, 15) is 5.26 Å². The Labute approximate surface area is 302 Å². The molecule has 0 radical (unpaired) electrons. The van der Waals surface area contributed by atoms with Crippen LogP contribution in [-0.2, 0) is 0 Å². The quantitative estimate of drug-likeness (QED) is 0.176. The Morgan fingerprint density at radius 3 is 1.90 bits per heavy atom. The van der Waals surface area contributed by atoms with Crippen LogP contribution in [0.4, 0.5) is 34.1 Å². The van der Waals surface area contributed by atoms with Gasteiger partial charge in [0.1, 0.15) is 0 Å². The predicted molar refractivity (Wildman–Crippen MR) is 209 cm³/mol. The molecule has 1 aliphatic heterocycles. The van der Waals surface area contributed by atoms with Gasteiger partial charge in [-0.1, -0.05) is 84.9 Å². The smallest absolute Gasteiger partial charge is 0.160 e. The van der Waals surface area contributed by atoms with Gasteiger partial charge in [-0.25, -0.2) is 9.97 Å². The number of nitriles is 1. The molecule has 0 saturated carbocycles. The molecular weight excluding hydrogens is 639 g/mol. The van der Waals surface area contributed by atoms with Crippen molar-refractivity contribution in [2.75, 3.05) is 9.80 Å². The van der Waals surface area contributed by atoms with Crippen LogP contribution >= 0.6 is 0 Å². The van der Waals surface area contributed by atoms with Gasteiger partial charge < -0.3 is 14.5 Å². The highest BCUT2D eigenvalue weighted by Gasteiger charge is 2.26. The van der Waals surface area contributed by atoms with Crippen molar-refractivity contribution in [1.82, 2.24) is 9.97 Å². The first kappa shape index (κ1) is 30.8. The number of ether oxygens (including phenoxy) is 1. The number of aromatic nitrogens is 2. The van der Waals surface area contributed by atoms with Crippen molar-refractivity contribution in [2.45, 2.75) is 6.92 Å². The van der Waals surface area contributed by atoms with Gasteiger partial charge in [0.25, 0.3) is 0 Å². The van der Waals surface area contributed by atoms with Crippen LogP contribution in [0.2, 0.25) is 0 Å². The third-order valence-corrected chi connectivity index (χ3v) is 9.41. The lowest BCUT2D eigenvalue weighted by atomic mass is 9.97. The van der Waals surface area contributed by atoms with Gasteiger partial charge in [-0.15, -0.1) is 0 Å². The molecule has 2 heterocycles. The number of hydrogen-bond donors (Lipinski definition) is 0. The average molecular weight is 670 g/mol. The predicted octanol–water partition coefficient (Wildman–Crippen LogP) is 12.2. The van der Waals surface area contributed by atoms with Crippen LogP contribution in [-0.4, -0.2) is 9.97 Å². The first-order chi connectivity index (χ1) is 25.7. The second-order valence-electron chi connectivity index (χ2n) is 12.6. The Morgan fingerprint density at radius 1 is 0.596 bits per heavy atom. The molecule has 0 N–H and O–H groups in total. The van der Waals surface area contributed by atoms with Gasteiger partial charge in [-0.2, -0.15) is 5.26 Å². The summed E-state index contributed by atoms with van der Waals surface area (Å²) in [6.07, 6.45) is 0. The Kier molecular flexibility index (Phi) is 7.64. The fraction of sp³-hybridized carbons (Fsp3) is 0.0217. The van der Waals surface area contributed by atoms with Crippen molar-refractivity contribution in [3.05, 3.63) is 181 Å². The lowest BCUT2D eigenvalue weighted by Gasteiger charge is -2.33. The van der Waals surface area contributed by atoms with E-state index in [4.69, 9.17) is 14.7 Å². The highest BCUT2D eigenvalue weighted by Crippen LogP contribution is 2.50. The molecule has 246 valence electrons. The minimum absolute atomic E-state index is 0.527. The summed E-state index contributed by atoms with van der Waals surface area (Å²) in [5.74, 6) is 2.24. The maximum Gasteiger partial charge on any atom is 0.160 e. The molecule has 0 atom stereocenters. The molecule has 0 amide bonds. The molecule has 0 spiro atoms. The van der Waals surface area contributed by atoms with Gasteiger partial charge in [0.2, 0.25) is 0 Å². The van der Waals surface area contributed by atoms with E-state index in [-0.39, 0.29) is 0 Å². The number of nitrogens with zero attached hydrogens (tertiary/aromatic N) is 5. The molecule has 1 aromatic heterocycles. The van der Waals surface area contributed by atoms with E-state index in [0.717, 1.165) is 78.9 Å². The minimum Gasteiger partial charge on any atom is -0.453 e. The Morgan fingerprint density at radius 2 is 1.21 bits per heavy atom. The van der Waals surface area contributed by atoms with E-state index >= 15 is 0 Å². The highest BCUT2D eigenvalue weighted by molar-refractivity contribution is 5.98. The molecular formula is C46H31N5O. The molecule has 0 saturated heterocycles. The third-order valence-electron chi connectivity index (χ3n) is 9.41. The Hall–Kier alpha value is -7.23. The zero-order valence-corrected chi connectivity index (χ0v) is 28.3. The topological polar surface area (TPSA) is 65.3 Å². The SMILES string of the molecule is Cc1cccc2nc(-c3ccccc3)nc(-c3ccc(N(c4ccccc4)c4ccc(N5c6ccccc6Oc6ccccc65)cc4)cc3C#N)c12. The number of rotatable bonds is 6. The van der Waals surface area contributed by atoms with Crippen molar-refractivity contribution < 1.29 is 4.74 Å². The van der Waals surface area contributed by atoms with Gasteiger partial charge in [0.15, 0.2) is 17.3 Å². The summed E-state index contributed by atoms with van der Waals surface area (Å²) < 4.78 is 6.25. The fourth-order valence-corrected chi connectivity index (χ4v) is 6.99. The van der Waals surface area contributed by atoms with E-state index in [1.54, 1.807) is 0 Å². The van der Waals surface area contributed by atoms with Crippen LogP contribution in [0.5, 0.6) is 11.5 Å². The van der Waals surface area contributed by atoms with Crippen molar-refractivity contribution in [2.24, 2.45) is 0 Å². The van der Waals surface area contributed by atoms with Crippen LogP contribution in [0.25, 0.3) is 33.5 Å². The third kappa shape index (κ3) is 5.38. The summed E-state index contributed by atoms with van der Waals surface area (Å²) in [5.41, 5.74) is 10.6. The molecule has 8 aromatic rings. The van der Waals surface area contributed by atoms with E-state index in [1.165, 1.54) is 0 Å². The van der Waals surface area contributed by atoms with E-state index in [0.29, 0.717) is 11.4 Å². The van der Waals surface area contributed by atoms with E-state index in [2.05, 4.69) is 83.5 Å². The molecule has 6 heteroatoms. The van der Waals surface area contributed by atoms with E-state index in [1.807, 2.05) is 109 Å². The number of aryl methyl sites for hydroxylation is 1. The minimum atomic E-state index is 0.527. The van der Waals surface area contributed by atoms with Gasteiger partial charge in [0.05, 0.1) is 34.2 Å². The molecule has 0 unspecified atom stereocenters. The van der Waals surface area contributed by atoms with Crippen molar-refractivity contribution in [1.29, 1.82) is 5.26 Å². The van der Waals surface area contributed by atoms with Gasteiger partial charge in [-0.3, -0.25) is 0 Å². The first-order valence-corrected chi connectivity index (χ1v) is 17.1. The summed E-state index contributed by atoms with van der Waals surface area (Å²) in [6, 6.07) is 59.5. The average Bonchev–Trinajstić information content (AvgIpc) is 3.21. The molecule has 7 aromatic carbocycles. The summed E-state index contributed by atoms with van der Waals surface area (Å²) in [4.78, 5) is 14.4. The van der Waals surface area contributed by atoms with Crippen molar-refractivity contribution in [3.8, 4) is 40.2 Å². The molecule has 0 bridgehead atoms. The van der Waals surface area contributed by atoms with Crippen LogP contribution in [0.1, 0.15) is 11.1 Å². The van der Waals surface area contributed by atoms with Crippen LogP contribution in [0, 0.1) is 18.3 Å². The first-order valence-electron chi connectivity index (χ1n) is 17.1. The molecule has 52 heavy (non-hydrogen) atoms. The van der Waals surface area contributed by atoms with Crippen molar-refractivity contribution >= 4 is 45.0 Å². The monoisotopic (exact) mass is 669 g/mol. The molecule has 0 fully saturated rings. The molecule has 1 aliphatic rings. The van der Waals surface area contributed by atoms with Crippen LogP contribution < -0.4 is 14.5 Å². The second-order valence-corrected chi connectivity index (χ2v) is 12.6. The highest BCUT2D eigenvalue weighted by atomic mass is 16.5. The summed E-state index contributed by atoms with van der Waals surface area (Å²) in [7, 11) is 0. The number of hydrogen-bond acceptors (Lipinski definition) is 6. The summed E-state index contributed by atoms with van der Waals surface area (Å²) >= 11 is 0. The normalized spacial score (nSPS) is 11.7. The Bertz CT molecular complexity index is 2590. The van der Waals surface area contributed by atoms with Gasteiger partial charge >= 0.3 is 0 Å². The number of fused-ring (bicyclic) bond motifs is 3. The number of benzene rings is 7.